The molecule has 6 nitrogen and oxygen atoms in total. The first kappa shape index (κ1) is 31.5. The highest BCUT2D eigenvalue weighted by atomic mass is 16.1. The van der Waals surface area contributed by atoms with Crippen molar-refractivity contribution >= 4 is 24.6 Å². The average Bonchev–Trinajstić information content (AvgIpc) is 3.05. The molecule has 0 saturated carbocycles. The van der Waals surface area contributed by atoms with Crippen LogP contribution in [0.1, 0.15) is 74.2 Å². The van der Waals surface area contributed by atoms with Crippen molar-refractivity contribution < 1.29 is 0 Å². The van der Waals surface area contributed by atoms with Gasteiger partial charge in [0.05, 0.1) is 0 Å². The van der Waals surface area contributed by atoms with Crippen LogP contribution in [0, 0.1) is 11.8 Å². The Morgan fingerprint density at radius 2 is 1.06 bits per heavy atom. The molecule has 4 bridgehead atoms. The molecule has 48 heavy (non-hydrogen) atoms. The van der Waals surface area contributed by atoms with Gasteiger partial charge < -0.3 is 9.97 Å². The first-order chi connectivity index (χ1) is 23.2. The number of hydrogen-bond acceptors (Lipinski definition) is 4. The smallest absolute Gasteiger partial charge is 0.248 e. The largest absolute Gasteiger partial charge is 0.326 e. The van der Waals surface area contributed by atoms with Crippen LogP contribution in [-0.4, -0.2) is 22.4 Å². The van der Waals surface area contributed by atoms with E-state index in [1.54, 1.807) is 12.1 Å². The number of rotatable bonds is 6. The van der Waals surface area contributed by atoms with Crippen LogP contribution in [0.15, 0.2) is 127 Å². The molecule has 242 valence electrons. The minimum atomic E-state index is -0.492. The highest BCUT2D eigenvalue weighted by Gasteiger charge is 2.47. The lowest BCUT2D eigenvalue weighted by Crippen LogP contribution is -2.40. The summed E-state index contributed by atoms with van der Waals surface area (Å²) in [6.45, 7) is 8.55. The molecule has 4 atom stereocenters. The van der Waals surface area contributed by atoms with Gasteiger partial charge in [-0.05, 0) is 87.1 Å². The molecule has 0 aliphatic heterocycles. The maximum Gasteiger partial charge on any atom is 0.248 e. The second-order valence-electron chi connectivity index (χ2n) is 13.6. The third-order valence-corrected chi connectivity index (χ3v) is 10.4. The van der Waals surface area contributed by atoms with E-state index >= 15 is 0 Å². The van der Waals surface area contributed by atoms with Crippen LogP contribution in [0.3, 0.4) is 0 Å². The third kappa shape index (κ3) is 5.49. The first-order valence-corrected chi connectivity index (χ1v) is 16.9. The van der Waals surface area contributed by atoms with Crippen molar-refractivity contribution in [2.45, 2.75) is 64.5 Å². The minimum absolute atomic E-state index is 0.0629. The predicted octanol–water partition coefficient (Wildman–Crippen LogP) is 7.96. The fourth-order valence-electron chi connectivity index (χ4n) is 8.67. The van der Waals surface area contributed by atoms with Gasteiger partial charge in [0, 0.05) is 71.8 Å². The summed E-state index contributed by atoms with van der Waals surface area (Å²) >= 11 is 0. The van der Waals surface area contributed by atoms with Gasteiger partial charge >= 0.3 is 0 Å². The Balaban J connectivity index is 1.08. The van der Waals surface area contributed by atoms with E-state index < -0.39 is 11.1 Å². The lowest BCUT2D eigenvalue weighted by Gasteiger charge is -2.45. The van der Waals surface area contributed by atoms with Crippen molar-refractivity contribution in [3.8, 4) is 0 Å². The van der Waals surface area contributed by atoms with Gasteiger partial charge in [-0.3, -0.25) is 19.6 Å². The minimum Gasteiger partial charge on any atom is -0.326 e. The summed E-state index contributed by atoms with van der Waals surface area (Å²) in [5, 5.41) is 0. The van der Waals surface area contributed by atoms with E-state index in [9.17, 15) is 9.59 Å². The molecule has 7 rings (SSSR count). The lowest BCUT2D eigenvalue weighted by atomic mass is 9.63. The zero-order valence-electron chi connectivity index (χ0n) is 28.1. The molecule has 0 saturated heterocycles. The van der Waals surface area contributed by atoms with Crippen LogP contribution in [-0.2, 0) is 23.9 Å². The molecular weight excluding hydrogens is 592 g/mol. The van der Waals surface area contributed by atoms with E-state index in [0.29, 0.717) is 0 Å². The van der Waals surface area contributed by atoms with Crippen molar-refractivity contribution in [3.05, 3.63) is 162 Å². The zero-order valence-corrected chi connectivity index (χ0v) is 28.1. The number of aliphatic imine (C=N–C) groups is 2. The molecular formula is C42H42N4O2. The number of aromatic nitrogens is 2. The van der Waals surface area contributed by atoms with E-state index in [4.69, 9.17) is 9.98 Å². The van der Waals surface area contributed by atoms with Crippen LogP contribution >= 0.6 is 0 Å². The second-order valence-corrected chi connectivity index (χ2v) is 13.6. The Labute approximate surface area is 281 Å². The van der Waals surface area contributed by atoms with Gasteiger partial charge in [0.15, 0.2) is 0 Å². The molecule has 0 fully saturated rings. The average molecular weight is 635 g/mol. The molecule has 2 aromatic heterocycles. The molecule has 2 heterocycles. The van der Waals surface area contributed by atoms with E-state index in [2.05, 4.69) is 98.4 Å². The van der Waals surface area contributed by atoms with Gasteiger partial charge in [0.2, 0.25) is 11.1 Å². The molecule has 2 N–H and O–H groups in total. The Hall–Kier alpha value is -5.10. The van der Waals surface area contributed by atoms with Gasteiger partial charge in [0.1, 0.15) is 11.1 Å². The Morgan fingerprint density at radius 1 is 0.646 bits per heavy atom. The summed E-state index contributed by atoms with van der Waals surface area (Å²) in [7, 11) is 0. The van der Waals surface area contributed by atoms with Gasteiger partial charge in [-0.15, -0.1) is 0 Å². The SMILES string of the molecule is CC=C1C2C=C(C)CC1(N=CC=Cc1ccc(C=CC=NC34CC(C)=CC(Cc5[nH]c(=O)ccc53)C4=CC)cc1)c1ccc(=O)[nH]c1C2. The molecule has 6 heteroatoms. The standard InChI is InChI=1S/C42H42N4O2/c1-5-33-31-21-27(3)25-41(33,35-15-17-39(47)45-37(35)23-31)43-19-7-9-29-11-13-30(14-12-29)10-8-20-44-42-26-28(4)22-32(34(42)6-2)24-38-36(42)16-18-40(48)46-38/h5-22,31-32H,23-26H2,1-4H3,(H,45,47)(H,46,48). The highest BCUT2D eigenvalue weighted by molar-refractivity contribution is 5.81. The number of allylic oxidation sites excluding steroid dienone is 6. The van der Waals surface area contributed by atoms with Crippen molar-refractivity contribution in [1.29, 1.82) is 0 Å². The molecule has 3 aromatic rings. The number of H-pyrrole nitrogens is 2. The van der Waals surface area contributed by atoms with E-state index in [-0.39, 0.29) is 23.0 Å². The summed E-state index contributed by atoms with van der Waals surface area (Å²) in [4.78, 5) is 40.8. The maximum absolute atomic E-state index is 12.1. The Morgan fingerprint density at radius 3 is 1.46 bits per heavy atom. The normalized spacial score (nSPS) is 28.0. The predicted molar refractivity (Wildman–Crippen MR) is 198 cm³/mol. The molecule has 0 amide bonds. The number of fused-ring (bicyclic) bond motifs is 8. The summed E-state index contributed by atoms with van der Waals surface area (Å²) in [6, 6.07) is 15.6. The second kappa shape index (κ2) is 12.5. The van der Waals surface area contributed by atoms with Crippen molar-refractivity contribution in [3.63, 3.8) is 0 Å². The summed E-state index contributed by atoms with van der Waals surface area (Å²) in [6.07, 6.45) is 24.2. The molecule has 0 radical (unpaired) electrons. The monoisotopic (exact) mass is 634 g/mol. The maximum atomic E-state index is 12.1. The number of aromatic amines is 2. The van der Waals surface area contributed by atoms with Crippen molar-refractivity contribution in [2.75, 3.05) is 0 Å². The fraction of sp³-hybridized carbons (Fsp3) is 0.286. The number of hydrogen-bond donors (Lipinski definition) is 2. The molecule has 4 aliphatic carbocycles. The number of nitrogens with one attached hydrogen (secondary N) is 2. The van der Waals surface area contributed by atoms with Gasteiger partial charge in [-0.1, -0.05) is 71.9 Å². The Kier molecular flexibility index (Phi) is 8.20. The van der Waals surface area contributed by atoms with Gasteiger partial charge in [-0.2, -0.15) is 0 Å². The Bertz CT molecular complexity index is 1980. The van der Waals surface area contributed by atoms with Gasteiger partial charge in [0.25, 0.3) is 0 Å². The fourth-order valence-corrected chi connectivity index (χ4v) is 8.67. The van der Waals surface area contributed by atoms with Crippen LogP contribution < -0.4 is 11.1 Å². The van der Waals surface area contributed by atoms with E-state index in [1.807, 2.05) is 36.7 Å². The molecule has 0 spiro atoms. The summed E-state index contributed by atoms with van der Waals surface area (Å²) in [5.41, 5.74) is 10.5. The van der Waals surface area contributed by atoms with Crippen LogP contribution in [0.2, 0.25) is 0 Å². The first-order valence-electron chi connectivity index (χ1n) is 16.9. The number of nitrogens with zero attached hydrogens (tertiary/aromatic N) is 2. The zero-order chi connectivity index (χ0) is 33.5. The van der Waals surface area contributed by atoms with Crippen LogP contribution in [0.4, 0.5) is 0 Å². The quantitative estimate of drug-likeness (QED) is 0.213. The third-order valence-electron chi connectivity index (χ3n) is 10.4. The highest BCUT2D eigenvalue weighted by Crippen LogP contribution is 2.53. The van der Waals surface area contributed by atoms with Crippen molar-refractivity contribution in [1.82, 2.24) is 9.97 Å². The van der Waals surface area contributed by atoms with Crippen LogP contribution in [0.25, 0.3) is 12.2 Å². The van der Waals surface area contributed by atoms with Crippen LogP contribution in [0.5, 0.6) is 0 Å². The summed E-state index contributed by atoms with van der Waals surface area (Å²) in [5.74, 6) is 0.492. The molecule has 4 unspecified atom stereocenters. The van der Waals surface area contributed by atoms with Gasteiger partial charge in [-0.25, -0.2) is 0 Å². The summed E-state index contributed by atoms with van der Waals surface area (Å²) < 4.78 is 0. The number of benzene rings is 1. The van der Waals surface area contributed by atoms with Crippen molar-refractivity contribution in [2.24, 2.45) is 21.8 Å². The molecule has 1 aromatic carbocycles. The van der Waals surface area contributed by atoms with E-state index in [0.717, 1.165) is 59.3 Å². The number of pyridine rings is 2. The molecule has 4 aliphatic rings. The lowest BCUT2D eigenvalue weighted by molar-refractivity contribution is 0.413. The topological polar surface area (TPSA) is 90.4 Å². The van der Waals surface area contributed by atoms with E-state index in [1.165, 1.54) is 22.3 Å².